The zero-order chi connectivity index (χ0) is 18.1. The number of anilines is 1. The number of thiophene rings is 1. The summed E-state index contributed by atoms with van der Waals surface area (Å²) in [7, 11) is -7.75. The van der Waals surface area contributed by atoms with E-state index in [1.807, 2.05) is 0 Å². The van der Waals surface area contributed by atoms with E-state index in [-0.39, 0.29) is 20.4 Å². The molecule has 0 aliphatic rings. The molecular formula is C16H12BrNO4S3. The van der Waals surface area contributed by atoms with E-state index in [1.165, 1.54) is 29.0 Å². The quantitative estimate of drug-likeness (QED) is 0.623. The number of benzene rings is 2. The van der Waals surface area contributed by atoms with Gasteiger partial charge < -0.3 is 0 Å². The van der Waals surface area contributed by atoms with Crippen molar-refractivity contribution in [3.05, 3.63) is 69.8 Å². The average molecular weight is 458 g/mol. The topological polar surface area (TPSA) is 80.3 Å². The van der Waals surface area contributed by atoms with Gasteiger partial charge in [0.2, 0.25) is 9.84 Å². The molecule has 5 nitrogen and oxygen atoms in total. The molecule has 3 aromatic rings. The summed E-state index contributed by atoms with van der Waals surface area (Å²) >= 11 is 4.31. The minimum atomic E-state index is -3.93. The van der Waals surface area contributed by atoms with Gasteiger partial charge in [0.1, 0.15) is 9.79 Å². The third kappa shape index (κ3) is 3.64. The predicted octanol–water partition coefficient (Wildman–Crippen LogP) is 4.14. The van der Waals surface area contributed by atoms with Gasteiger partial charge in [-0.3, -0.25) is 4.72 Å². The molecule has 1 N–H and O–H groups in total. The zero-order valence-electron chi connectivity index (χ0n) is 12.6. The fourth-order valence-corrected chi connectivity index (χ4v) is 6.93. The lowest BCUT2D eigenvalue weighted by Crippen LogP contribution is -2.15. The predicted molar refractivity (Wildman–Crippen MR) is 101 cm³/mol. The Morgan fingerprint density at radius 3 is 2.12 bits per heavy atom. The van der Waals surface area contributed by atoms with E-state index >= 15 is 0 Å². The molecule has 0 unspecified atom stereocenters. The van der Waals surface area contributed by atoms with E-state index in [0.717, 1.165) is 11.3 Å². The Morgan fingerprint density at radius 1 is 0.800 bits per heavy atom. The van der Waals surface area contributed by atoms with Crippen LogP contribution in [0.3, 0.4) is 0 Å². The molecular weight excluding hydrogens is 446 g/mol. The molecule has 0 spiro atoms. The zero-order valence-corrected chi connectivity index (χ0v) is 16.6. The molecule has 0 atom stereocenters. The van der Waals surface area contributed by atoms with Crippen molar-refractivity contribution in [2.24, 2.45) is 0 Å². The maximum absolute atomic E-state index is 12.8. The van der Waals surface area contributed by atoms with Crippen molar-refractivity contribution in [2.45, 2.75) is 14.7 Å². The number of sulfonamides is 1. The van der Waals surface area contributed by atoms with Crippen molar-refractivity contribution in [1.29, 1.82) is 0 Å². The van der Waals surface area contributed by atoms with E-state index in [0.29, 0.717) is 4.47 Å². The number of hydrogen-bond acceptors (Lipinski definition) is 5. The van der Waals surface area contributed by atoms with Crippen molar-refractivity contribution >= 4 is 52.8 Å². The first-order valence-electron chi connectivity index (χ1n) is 6.96. The van der Waals surface area contributed by atoms with Gasteiger partial charge in [-0.25, -0.2) is 16.8 Å². The Kier molecular flexibility index (Phi) is 5.01. The van der Waals surface area contributed by atoms with Gasteiger partial charge in [0, 0.05) is 15.2 Å². The van der Waals surface area contributed by atoms with Gasteiger partial charge in [-0.05, 0) is 40.2 Å². The highest BCUT2D eigenvalue weighted by atomic mass is 79.9. The van der Waals surface area contributed by atoms with Gasteiger partial charge in [0.25, 0.3) is 10.0 Å². The molecule has 1 aromatic heterocycles. The molecule has 0 aliphatic heterocycles. The van der Waals surface area contributed by atoms with Crippen molar-refractivity contribution in [2.75, 3.05) is 4.72 Å². The molecule has 0 aliphatic carbocycles. The first-order valence-corrected chi connectivity index (χ1v) is 11.7. The number of rotatable bonds is 5. The third-order valence-electron chi connectivity index (χ3n) is 3.34. The molecule has 0 saturated heterocycles. The van der Waals surface area contributed by atoms with Crippen molar-refractivity contribution in [3.8, 4) is 0 Å². The van der Waals surface area contributed by atoms with Gasteiger partial charge in [-0.2, -0.15) is 0 Å². The lowest BCUT2D eigenvalue weighted by atomic mass is 10.4. The minimum absolute atomic E-state index is 0.0317. The smallest absolute Gasteiger partial charge is 0.263 e. The summed E-state index contributed by atoms with van der Waals surface area (Å²) in [5.74, 6) is 0. The molecule has 130 valence electrons. The standard InChI is InChI=1S/C16H12BrNO4S3/c17-13-8-4-5-9-15(13)25(21,22)18-14-10-23-11-16(14)24(19,20)12-6-2-1-3-7-12/h1-11,18H. The Morgan fingerprint density at radius 2 is 1.44 bits per heavy atom. The van der Waals surface area contributed by atoms with Crippen LogP contribution in [0.4, 0.5) is 5.69 Å². The fourth-order valence-electron chi connectivity index (χ4n) is 2.16. The monoisotopic (exact) mass is 457 g/mol. The summed E-state index contributed by atoms with van der Waals surface area (Å²) in [6, 6.07) is 14.2. The molecule has 0 fully saturated rings. The minimum Gasteiger partial charge on any atom is -0.277 e. The van der Waals surface area contributed by atoms with Crippen molar-refractivity contribution in [1.82, 2.24) is 0 Å². The second-order valence-electron chi connectivity index (χ2n) is 5.00. The summed E-state index contributed by atoms with van der Waals surface area (Å²) in [6.07, 6.45) is 0. The number of sulfone groups is 1. The summed E-state index contributed by atoms with van der Waals surface area (Å²) < 4.78 is 53.5. The Labute approximate surface area is 158 Å². The van der Waals surface area contributed by atoms with Crippen LogP contribution in [0.15, 0.2) is 84.5 Å². The van der Waals surface area contributed by atoms with E-state index in [1.54, 1.807) is 36.4 Å². The van der Waals surface area contributed by atoms with Gasteiger partial charge in [-0.1, -0.05) is 30.3 Å². The Balaban J connectivity index is 2.03. The number of halogens is 1. The largest absolute Gasteiger partial charge is 0.277 e. The molecule has 0 radical (unpaired) electrons. The van der Waals surface area contributed by atoms with E-state index in [4.69, 9.17) is 0 Å². The highest BCUT2D eigenvalue weighted by Gasteiger charge is 2.26. The van der Waals surface area contributed by atoms with E-state index < -0.39 is 19.9 Å². The average Bonchev–Trinajstić information content (AvgIpc) is 3.04. The summed E-state index contributed by atoms with van der Waals surface area (Å²) in [5, 5.41) is 2.88. The summed E-state index contributed by atoms with van der Waals surface area (Å²) in [5.41, 5.74) is 0.0320. The first kappa shape index (κ1) is 18.1. The molecule has 0 saturated carbocycles. The van der Waals surface area contributed by atoms with Crippen LogP contribution >= 0.6 is 27.3 Å². The van der Waals surface area contributed by atoms with Crippen LogP contribution in [0.2, 0.25) is 0 Å². The van der Waals surface area contributed by atoms with Crippen LogP contribution < -0.4 is 4.72 Å². The van der Waals surface area contributed by atoms with Crippen LogP contribution in [0.1, 0.15) is 0 Å². The van der Waals surface area contributed by atoms with Crippen LogP contribution in [-0.4, -0.2) is 16.8 Å². The second kappa shape index (κ2) is 6.91. The first-order chi connectivity index (χ1) is 11.8. The molecule has 2 aromatic carbocycles. The number of hydrogen-bond donors (Lipinski definition) is 1. The lowest BCUT2D eigenvalue weighted by Gasteiger charge is -2.11. The molecule has 25 heavy (non-hydrogen) atoms. The highest BCUT2D eigenvalue weighted by molar-refractivity contribution is 9.10. The molecule has 9 heteroatoms. The van der Waals surface area contributed by atoms with Gasteiger partial charge in [-0.15, -0.1) is 11.3 Å². The van der Waals surface area contributed by atoms with E-state index in [9.17, 15) is 16.8 Å². The normalized spacial score (nSPS) is 12.0. The van der Waals surface area contributed by atoms with Gasteiger partial charge in [0.15, 0.2) is 0 Å². The van der Waals surface area contributed by atoms with Crippen LogP contribution in [-0.2, 0) is 19.9 Å². The summed E-state index contributed by atoms with van der Waals surface area (Å²) in [4.78, 5) is 0.0679. The Hall–Kier alpha value is -1.68. The Bertz CT molecular complexity index is 1110. The van der Waals surface area contributed by atoms with Crippen molar-refractivity contribution in [3.63, 3.8) is 0 Å². The molecule has 0 bridgehead atoms. The van der Waals surface area contributed by atoms with Gasteiger partial charge in [0.05, 0.1) is 10.6 Å². The molecule has 3 rings (SSSR count). The van der Waals surface area contributed by atoms with Crippen LogP contribution in [0, 0.1) is 0 Å². The third-order valence-corrected chi connectivity index (χ3v) is 8.42. The highest BCUT2D eigenvalue weighted by Crippen LogP contribution is 2.33. The van der Waals surface area contributed by atoms with Crippen molar-refractivity contribution < 1.29 is 16.8 Å². The second-order valence-corrected chi connectivity index (χ2v) is 10.2. The maximum atomic E-state index is 12.8. The summed E-state index contributed by atoms with van der Waals surface area (Å²) in [6.45, 7) is 0. The van der Waals surface area contributed by atoms with Crippen LogP contribution in [0.25, 0.3) is 0 Å². The van der Waals surface area contributed by atoms with Crippen LogP contribution in [0.5, 0.6) is 0 Å². The lowest BCUT2D eigenvalue weighted by molar-refractivity contribution is 0.597. The number of nitrogens with one attached hydrogen (secondary N) is 1. The fraction of sp³-hybridized carbons (Fsp3) is 0. The molecule has 1 heterocycles. The maximum Gasteiger partial charge on any atom is 0.263 e. The van der Waals surface area contributed by atoms with E-state index in [2.05, 4.69) is 20.7 Å². The van der Waals surface area contributed by atoms with Gasteiger partial charge >= 0.3 is 0 Å². The SMILES string of the molecule is O=S(=O)(Nc1cscc1S(=O)(=O)c1ccccc1)c1ccccc1Br. The molecule has 0 amide bonds.